The van der Waals surface area contributed by atoms with Crippen molar-refractivity contribution in [3.8, 4) is 0 Å². The Morgan fingerprint density at radius 2 is 1.96 bits per heavy atom. The van der Waals surface area contributed by atoms with E-state index in [1.807, 2.05) is 29.2 Å². The number of nitrogens with one attached hydrogen (secondary N) is 1. The second-order valence-electron chi connectivity index (χ2n) is 7.07. The number of likely N-dealkylation sites (tertiary alicyclic amines) is 1. The molecular weight excluding hydrogens is 330 g/mol. The number of rotatable bonds is 5. The van der Waals surface area contributed by atoms with Crippen LogP contribution in [0, 0.1) is 5.92 Å². The van der Waals surface area contributed by atoms with Gasteiger partial charge < -0.3 is 15.0 Å². The molecule has 0 spiro atoms. The van der Waals surface area contributed by atoms with Crippen molar-refractivity contribution in [1.82, 2.24) is 9.80 Å². The van der Waals surface area contributed by atoms with Crippen LogP contribution in [0.4, 0.5) is 5.69 Å². The molecule has 26 heavy (non-hydrogen) atoms. The molecule has 0 bridgehead atoms. The van der Waals surface area contributed by atoms with Gasteiger partial charge in [0.15, 0.2) is 0 Å². The Kier molecular flexibility index (Phi) is 6.63. The number of carbonyl (C=O) groups is 2. The summed E-state index contributed by atoms with van der Waals surface area (Å²) in [4.78, 5) is 29.2. The Balaban J connectivity index is 1.52. The van der Waals surface area contributed by atoms with Crippen molar-refractivity contribution < 1.29 is 14.3 Å². The first-order valence-corrected chi connectivity index (χ1v) is 9.64. The van der Waals surface area contributed by atoms with Gasteiger partial charge in [-0.25, -0.2) is 0 Å². The highest BCUT2D eigenvalue weighted by Crippen LogP contribution is 2.20. The van der Waals surface area contributed by atoms with Crippen molar-refractivity contribution in [2.75, 3.05) is 51.3 Å². The van der Waals surface area contributed by atoms with E-state index in [2.05, 4.69) is 17.1 Å². The normalized spacial score (nSPS) is 21.4. The highest BCUT2D eigenvalue weighted by Gasteiger charge is 2.30. The minimum absolute atomic E-state index is 0.00224. The fraction of sp³-hybridized carbons (Fsp3) is 0.600. The highest BCUT2D eigenvalue weighted by molar-refractivity contribution is 5.93. The van der Waals surface area contributed by atoms with Crippen LogP contribution in [0.5, 0.6) is 0 Å². The minimum Gasteiger partial charge on any atom is -0.378 e. The van der Waals surface area contributed by atoms with E-state index in [-0.39, 0.29) is 17.7 Å². The van der Waals surface area contributed by atoms with E-state index < -0.39 is 0 Å². The summed E-state index contributed by atoms with van der Waals surface area (Å²) in [6.07, 6.45) is 2.75. The third-order valence-electron chi connectivity index (χ3n) is 5.22. The standard InChI is InChI=1S/C20H29N3O3/c1-2-16-6-3-4-8-18(16)21-19(24)15-22-9-5-7-17(14-22)20(25)23-10-12-26-13-11-23/h3-4,6,8,17H,2,5,7,9-15H2,1H3,(H,21,24). The quantitative estimate of drug-likeness (QED) is 0.870. The summed E-state index contributed by atoms with van der Waals surface area (Å²) in [5.41, 5.74) is 2.03. The molecule has 2 fully saturated rings. The Hall–Kier alpha value is -1.92. The van der Waals surface area contributed by atoms with Crippen LogP contribution < -0.4 is 5.32 Å². The van der Waals surface area contributed by atoms with Crippen LogP contribution in [0.3, 0.4) is 0 Å². The number of hydrogen-bond acceptors (Lipinski definition) is 4. The Labute approximate surface area is 155 Å². The fourth-order valence-electron chi connectivity index (χ4n) is 3.79. The highest BCUT2D eigenvalue weighted by atomic mass is 16.5. The molecular formula is C20H29N3O3. The number of piperidine rings is 1. The number of benzene rings is 1. The van der Waals surface area contributed by atoms with Crippen LogP contribution in [0.25, 0.3) is 0 Å². The van der Waals surface area contributed by atoms with E-state index in [1.54, 1.807) is 0 Å². The van der Waals surface area contributed by atoms with Crippen molar-refractivity contribution in [2.45, 2.75) is 26.2 Å². The van der Waals surface area contributed by atoms with Gasteiger partial charge in [-0.2, -0.15) is 0 Å². The molecule has 6 heteroatoms. The van der Waals surface area contributed by atoms with Gasteiger partial charge in [0.05, 0.1) is 25.7 Å². The minimum atomic E-state index is -0.00892. The van der Waals surface area contributed by atoms with Gasteiger partial charge in [-0.15, -0.1) is 0 Å². The lowest BCUT2D eigenvalue weighted by molar-refractivity contribution is -0.141. The molecule has 2 amide bonds. The van der Waals surface area contributed by atoms with Gasteiger partial charge in [0.2, 0.25) is 11.8 Å². The van der Waals surface area contributed by atoms with Gasteiger partial charge in [-0.05, 0) is 37.4 Å². The van der Waals surface area contributed by atoms with Gasteiger partial charge >= 0.3 is 0 Å². The smallest absolute Gasteiger partial charge is 0.238 e. The summed E-state index contributed by atoms with van der Waals surface area (Å²) in [5, 5.41) is 3.02. The first-order chi connectivity index (χ1) is 12.7. The maximum atomic E-state index is 12.7. The average Bonchev–Trinajstić information content (AvgIpc) is 2.68. The van der Waals surface area contributed by atoms with Crippen molar-refractivity contribution in [3.05, 3.63) is 29.8 Å². The predicted molar refractivity (Wildman–Crippen MR) is 101 cm³/mol. The summed E-state index contributed by atoms with van der Waals surface area (Å²) in [6, 6.07) is 7.90. The lowest BCUT2D eigenvalue weighted by Gasteiger charge is -2.35. The molecule has 2 aliphatic heterocycles. The molecule has 0 radical (unpaired) electrons. The number of aryl methyl sites for hydroxylation is 1. The van der Waals surface area contributed by atoms with Gasteiger partial charge in [-0.1, -0.05) is 25.1 Å². The summed E-state index contributed by atoms with van der Waals surface area (Å²) >= 11 is 0. The molecule has 1 N–H and O–H groups in total. The van der Waals surface area contributed by atoms with Gasteiger partial charge in [0.1, 0.15) is 0 Å². The van der Waals surface area contributed by atoms with E-state index in [0.29, 0.717) is 39.4 Å². The monoisotopic (exact) mass is 359 g/mol. The number of hydrogen-bond donors (Lipinski definition) is 1. The fourth-order valence-corrected chi connectivity index (χ4v) is 3.79. The lowest BCUT2D eigenvalue weighted by atomic mass is 9.96. The largest absolute Gasteiger partial charge is 0.378 e. The summed E-state index contributed by atoms with van der Waals surface area (Å²) < 4.78 is 5.33. The molecule has 1 aromatic carbocycles. The van der Waals surface area contributed by atoms with E-state index in [9.17, 15) is 9.59 Å². The molecule has 3 rings (SSSR count). The van der Waals surface area contributed by atoms with E-state index in [1.165, 1.54) is 0 Å². The number of morpholine rings is 1. The van der Waals surface area contributed by atoms with E-state index in [0.717, 1.165) is 37.1 Å². The number of carbonyl (C=O) groups excluding carboxylic acids is 2. The van der Waals surface area contributed by atoms with Crippen LogP contribution >= 0.6 is 0 Å². The number of nitrogens with zero attached hydrogens (tertiary/aromatic N) is 2. The Morgan fingerprint density at radius 3 is 2.73 bits per heavy atom. The van der Waals surface area contributed by atoms with E-state index in [4.69, 9.17) is 4.74 Å². The Bertz CT molecular complexity index is 628. The SMILES string of the molecule is CCc1ccccc1NC(=O)CN1CCCC(C(=O)N2CCOCC2)C1. The number of amides is 2. The second kappa shape index (κ2) is 9.14. The molecule has 2 saturated heterocycles. The number of anilines is 1. The maximum absolute atomic E-state index is 12.7. The number of para-hydroxylation sites is 1. The average molecular weight is 359 g/mol. The number of ether oxygens (including phenoxy) is 1. The molecule has 0 saturated carbocycles. The van der Waals surface area contributed by atoms with Crippen molar-refractivity contribution in [1.29, 1.82) is 0 Å². The Morgan fingerprint density at radius 1 is 1.19 bits per heavy atom. The zero-order chi connectivity index (χ0) is 18.4. The topological polar surface area (TPSA) is 61.9 Å². The van der Waals surface area contributed by atoms with Crippen LogP contribution in [0.1, 0.15) is 25.3 Å². The predicted octanol–water partition coefficient (Wildman–Crippen LogP) is 1.76. The van der Waals surface area contributed by atoms with Gasteiger partial charge in [-0.3, -0.25) is 14.5 Å². The molecule has 2 aliphatic rings. The summed E-state index contributed by atoms with van der Waals surface area (Å²) in [7, 11) is 0. The van der Waals surface area contributed by atoms with Gasteiger partial charge in [0, 0.05) is 25.3 Å². The molecule has 6 nitrogen and oxygen atoms in total. The van der Waals surface area contributed by atoms with Crippen LogP contribution in [-0.2, 0) is 20.7 Å². The van der Waals surface area contributed by atoms with Crippen LogP contribution in [0.15, 0.2) is 24.3 Å². The molecule has 1 atom stereocenters. The molecule has 0 aliphatic carbocycles. The van der Waals surface area contributed by atoms with E-state index >= 15 is 0 Å². The summed E-state index contributed by atoms with van der Waals surface area (Å²) in [6.45, 7) is 6.58. The molecule has 1 unspecified atom stereocenters. The zero-order valence-corrected chi connectivity index (χ0v) is 15.6. The van der Waals surface area contributed by atoms with Crippen LogP contribution in [-0.4, -0.2) is 67.6 Å². The van der Waals surface area contributed by atoms with Gasteiger partial charge in [0.25, 0.3) is 0 Å². The first-order valence-electron chi connectivity index (χ1n) is 9.64. The second-order valence-corrected chi connectivity index (χ2v) is 7.07. The van der Waals surface area contributed by atoms with Crippen molar-refractivity contribution in [3.63, 3.8) is 0 Å². The zero-order valence-electron chi connectivity index (χ0n) is 15.6. The lowest BCUT2D eigenvalue weighted by Crippen LogP contribution is -2.49. The van der Waals surface area contributed by atoms with Crippen LogP contribution in [0.2, 0.25) is 0 Å². The first kappa shape index (κ1) is 18.9. The molecule has 2 heterocycles. The third kappa shape index (κ3) is 4.83. The maximum Gasteiger partial charge on any atom is 0.238 e. The third-order valence-corrected chi connectivity index (χ3v) is 5.22. The summed E-state index contributed by atoms with van der Waals surface area (Å²) in [5.74, 6) is 0.206. The molecule has 1 aromatic rings. The van der Waals surface area contributed by atoms with Crippen molar-refractivity contribution in [2.24, 2.45) is 5.92 Å². The molecule has 142 valence electrons. The van der Waals surface area contributed by atoms with Crippen molar-refractivity contribution >= 4 is 17.5 Å². The molecule has 0 aromatic heterocycles.